The molecule has 1 aromatic carbocycles. The van der Waals surface area contributed by atoms with Gasteiger partial charge in [0.2, 0.25) is 10.0 Å². The van der Waals surface area contributed by atoms with Gasteiger partial charge in [-0.3, -0.25) is 0 Å². The molecule has 2 aromatic rings. The molecule has 0 aliphatic heterocycles. The number of nitrogens with one attached hydrogen (secondary N) is 1. The van der Waals surface area contributed by atoms with E-state index in [2.05, 4.69) is 17.0 Å². The third-order valence-electron chi connectivity index (χ3n) is 2.95. The summed E-state index contributed by atoms with van der Waals surface area (Å²) in [5.41, 5.74) is 1.72. The van der Waals surface area contributed by atoms with Gasteiger partial charge in [-0.1, -0.05) is 12.6 Å². The van der Waals surface area contributed by atoms with Gasteiger partial charge in [-0.2, -0.15) is 5.10 Å². The van der Waals surface area contributed by atoms with E-state index in [0.29, 0.717) is 6.54 Å². The third-order valence-corrected chi connectivity index (χ3v) is 4.76. The fraction of sp³-hybridized carbons (Fsp3) is 0.214. The second-order valence-corrected chi connectivity index (χ2v) is 6.83. The normalized spacial score (nSPS) is 11.6. The highest BCUT2D eigenvalue weighted by molar-refractivity contribution is 7.89. The first-order valence-electron chi connectivity index (χ1n) is 6.35. The number of sulfonamides is 1. The topological polar surface area (TPSA) is 67.2 Å². The Morgan fingerprint density at radius 3 is 2.81 bits per heavy atom. The fourth-order valence-electron chi connectivity index (χ4n) is 1.75. The number of hydrogen-bond donors (Lipinski definition) is 1. The van der Waals surface area contributed by atoms with Crippen molar-refractivity contribution >= 4 is 21.9 Å². The van der Waals surface area contributed by atoms with Gasteiger partial charge in [0.1, 0.15) is 0 Å². The van der Waals surface area contributed by atoms with Gasteiger partial charge in [-0.25, -0.2) is 17.4 Å². The van der Waals surface area contributed by atoms with E-state index in [1.165, 1.54) is 18.4 Å². The smallest absolute Gasteiger partial charge is 0.242 e. The molecule has 0 radical (unpaired) electrons. The second-order valence-electron chi connectivity index (χ2n) is 4.68. The molecule has 0 atom stereocenters. The zero-order valence-electron chi connectivity index (χ0n) is 12.0. The molecule has 0 unspecified atom stereocenters. The molecule has 0 bridgehead atoms. The van der Waals surface area contributed by atoms with Crippen molar-refractivity contribution in [1.82, 2.24) is 14.1 Å². The van der Waals surface area contributed by atoms with E-state index in [1.54, 1.807) is 35.3 Å². The minimum Gasteiger partial charge on any atom is -0.381 e. The average molecular weight is 306 g/mol. The fourth-order valence-corrected chi connectivity index (χ4v) is 2.70. The lowest BCUT2D eigenvalue weighted by atomic mass is 10.3. The van der Waals surface area contributed by atoms with Crippen LogP contribution < -0.4 is 5.32 Å². The van der Waals surface area contributed by atoms with Gasteiger partial charge in [0.05, 0.1) is 11.1 Å². The van der Waals surface area contributed by atoms with E-state index in [1.807, 2.05) is 12.3 Å². The minimum atomic E-state index is -3.42. The Balaban J connectivity index is 2.13. The maximum absolute atomic E-state index is 12.1. The van der Waals surface area contributed by atoms with Gasteiger partial charge in [0, 0.05) is 44.3 Å². The van der Waals surface area contributed by atoms with Crippen molar-refractivity contribution in [2.45, 2.75) is 11.4 Å². The van der Waals surface area contributed by atoms with Crippen molar-refractivity contribution in [3.63, 3.8) is 0 Å². The lowest BCUT2D eigenvalue weighted by molar-refractivity contribution is 0.521. The van der Waals surface area contributed by atoms with Crippen LogP contribution in [0.4, 0.5) is 5.69 Å². The van der Waals surface area contributed by atoms with Crippen LogP contribution in [0.3, 0.4) is 0 Å². The number of anilines is 1. The predicted molar refractivity (Wildman–Crippen MR) is 83.3 cm³/mol. The number of benzene rings is 1. The molecule has 1 heterocycles. The Morgan fingerprint density at radius 1 is 1.43 bits per heavy atom. The molecule has 0 amide bonds. The standard InChI is InChI=1S/C14H18N4O2S/c1-4-18-11-12(10-16-18)9-15-13-6-5-7-14(8-13)21(19,20)17(2)3/h4-8,10-11,15H,1,9H2,2-3H3. The first kappa shape index (κ1) is 15.3. The molecular formula is C14H18N4O2S. The van der Waals surface area contributed by atoms with Crippen LogP contribution in [0.5, 0.6) is 0 Å². The van der Waals surface area contributed by atoms with Crippen LogP contribution >= 0.6 is 0 Å². The maximum atomic E-state index is 12.1. The summed E-state index contributed by atoms with van der Waals surface area (Å²) in [6.45, 7) is 4.18. The molecule has 112 valence electrons. The van der Waals surface area contributed by atoms with Crippen LogP contribution in [0.15, 0.2) is 48.1 Å². The summed E-state index contributed by atoms with van der Waals surface area (Å²) in [5.74, 6) is 0. The Morgan fingerprint density at radius 2 is 2.19 bits per heavy atom. The third kappa shape index (κ3) is 3.50. The van der Waals surface area contributed by atoms with E-state index in [4.69, 9.17) is 0 Å². The summed E-state index contributed by atoms with van der Waals surface area (Å²) in [6, 6.07) is 6.74. The minimum absolute atomic E-state index is 0.263. The van der Waals surface area contributed by atoms with Crippen LogP contribution in [0.25, 0.3) is 6.20 Å². The van der Waals surface area contributed by atoms with Gasteiger partial charge in [-0.05, 0) is 18.2 Å². The Hall–Kier alpha value is -2.12. The Bertz CT molecular complexity index is 735. The van der Waals surface area contributed by atoms with Gasteiger partial charge in [0.25, 0.3) is 0 Å². The number of hydrogen-bond acceptors (Lipinski definition) is 4. The SMILES string of the molecule is C=Cn1cc(CNc2cccc(S(=O)(=O)N(C)C)c2)cn1. The predicted octanol–water partition coefficient (Wildman–Crippen LogP) is 1.85. The van der Waals surface area contributed by atoms with Gasteiger partial charge in [0.15, 0.2) is 0 Å². The van der Waals surface area contributed by atoms with E-state index in [0.717, 1.165) is 11.3 Å². The summed E-state index contributed by atoms with van der Waals surface area (Å²) < 4.78 is 27.0. The molecule has 7 heteroatoms. The maximum Gasteiger partial charge on any atom is 0.242 e. The van der Waals surface area contributed by atoms with Gasteiger partial charge in [-0.15, -0.1) is 0 Å². The van der Waals surface area contributed by atoms with Crippen LogP contribution in [0.1, 0.15) is 5.56 Å². The average Bonchev–Trinajstić information content (AvgIpc) is 2.93. The summed E-state index contributed by atoms with van der Waals surface area (Å²) in [6.07, 6.45) is 5.18. The quantitative estimate of drug-likeness (QED) is 0.884. The summed E-state index contributed by atoms with van der Waals surface area (Å²) in [4.78, 5) is 0.263. The van der Waals surface area contributed by atoms with Crippen molar-refractivity contribution in [3.05, 3.63) is 48.8 Å². The summed E-state index contributed by atoms with van der Waals surface area (Å²) in [7, 11) is -0.393. The molecular weight excluding hydrogens is 288 g/mol. The van der Waals surface area contributed by atoms with E-state index in [9.17, 15) is 8.42 Å². The molecule has 2 rings (SSSR count). The van der Waals surface area contributed by atoms with Crippen LogP contribution in [0.2, 0.25) is 0 Å². The van der Waals surface area contributed by atoms with Crippen LogP contribution in [-0.4, -0.2) is 36.6 Å². The van der Waals surface area contributed by atoms with E-state index < -0.39 is 10.0 Å². The highest BCUT2D eigenvalue weighted by atomic mass is 32.2. The van der Waals surface area contributed by atoms with Crippen molar-refractivity contribution in [2.24, 2.45) is 0 Å². The molecule has 1 aromatic heterocycles. The van der Waals surface area contributed by atoms with E-state index >= 15 is 0 Å². The molecule has 21 heavy (non-hydrogen) atoms. The second kappa shape index (κ2) is 6.11. The number of rotatable bonds is 6. The molecule has 1 N–H and O–H groups in total. The van der Waals surface area contributed by atoms with Crippen molar-refractivity contribution in [3.8, 4) is 0 Å². The van der Waals surface area contributed by atoms with Gasteiger partial charge >= 0.3 is 0 Å². The van der Waals surface area contributed by atoms with Crippen LogP contribution in [0, 0.1) is 0 Å². The van der Waals surface area contributed by atoms with Gasteiger partial charge < -0.3 is 5.32 Å². The Labute approximate surface area is 124 Å². The zero-order valence-corrected chi connectivity index (χ0v) is 12.8. The molecule has 0 aliphatic carbocycles. The summed E-state index contributed by atoms with van der Waals surface area (Å²) in [5, 5.41) is 7.26. The Kier molecular flexibility index (Phi) is 4.44. The summed E-state index contributed by atoms with van der Waals surface area (Å²) >= 11 is 0. The first-order chi connectivity index (χ1) is 9.93. The monoisotopic (exact) mass is 306 g/mol. The van der Waals surface area contributed by atoms with Crippen molar-refractivity contribution < 1.29 is 8.42 Å². The lowest BCUT2D eigenvalue weighted by Crippen LogP contribution is -2.22. The molecule has 0 saturated carbocycles. The van der Waals surface area contributed by atoms with Crippen molar-refractivity contribution in [1.29, 1.82) is 0 Å². The first-order valence-corrected chi connectivity index (χ1v) is 7.79. The molecule has 0 spiro atoms. The highest BCUT2D eigenvalue weighted by Crippen LogP contribution is 2.18. The van der Waals surface area contributed by atoms with Crippen molar-refractivity contribution in [2.75, 3.05) is 19.4 Å². The number of nitrogens with zero attached hydrogens (tertiary/aromatic N) is 3. The largest absolute Gasteiger partial charge is 0.381 e. The zero-order chi connectivity index (χ0) is 15.5. The van der Waals surface area contributed by atoms with Crippen LogP contribution in [-0.2, 0) is 16.6 Å². The van der Waals surface area contributed by atoms with E-state index in [-0.39, 0.29) is 4.90 Å². The molecule has 0 saturated heterocycles. The molecule has 0 aliphatic rings. The molecule has 6 nitrogen and oxygen atoms in total. The number of aromatic nitrogens is 2. The highest BCUT2D eigenvalue weighted by Gasteiger charge is 2.17. The lowest BCUT2D eigenvalue weighted by Gasteiger charge is -2.12. The molecule has 0 fully saturated rings.